The lowest BCUT2D eigenvalue weighted by molar-refractivity contribution is 0.145. The van der Waals surface area contributed by atoms with Gasteiger partial charge in [0, 0.05) is 32.2 Å². The molecule has 0 amide bonds. The number of aromatic nitrogens is 2. The van der Waals surface area contributed by atoms with Crippen LogP contribution in [0.15, 0.2) is 29.2 Å². The van der Waals surface area contributed by atoms with Gasteiger partial charge in [0.05, 0.1) is 11.6 Å². The molecular formula is C19H29N5O2S3. The number of anilines is 1. The first-order chi connectivity index (χ1) is 13.8. The third-order valence-corrected chi connectivity index (χ3v) is 7.94. The molecule has 0 unspecified atom stereocenters. The number of benzene rings is 1. The molecule has 2 heterocycles. The first kappa shape index (κ1) is 22.4. The molecule has 2 aromatic rings. The van der Waals surface area contributed by atoms with Crippen molar-refractivity contribution in [3.05, 3.63) is 33.8 Å². The van der Waals surface area contributed by atoms with E-state index in [9.17, 15) is 8.42 Å². The Morgan fingerprint density at radius 2 is 1.83 bits per heavy atom. The fourth-order valence-corrected chi connectivity index (χ4v) is 5.83. The maximum atomic E-state index is 12.9. The molecule has 0 bridgehead atoms. The Bertz CT molecular complexity index is 958. The summed E-state index contributed by atoms with van der Waals surface area (Å²) in [6.07, 6.45) is 2.01. The highest BCUT2D eigenvalue weighted by Gasteiger charge is 2.28. The van der Waals surface area contributed by atoms with Gasteiger partial charge in [-0.15, -0.1) is 5.10 Å². The lowest BCUT2D eigenvalue weighted by Crippen LogP contribution is -2.48. The number of nitrogens with zero attached hydrogens (tertiary/aromatic N) is 4. The van der Waals surface area contributed by atoms with E-state index in [0.29, 0.717) is 43.8 Å². The van der Waals surface area contributed by atoms with E-state index < -0.39 is 10.0 Å². The van der Waals surface area contributed by atoms with Crippen molar-refractivity contribution in [1.29, 1.82) is 0 Å². The Morgan fingerprint density at radius 3 is 2.41 bits per heavy atom. The van der Waals surface area contributed by atoms with Crippen molar-refractivity contribution >= 4 is 38.7 Å². The molecule has 1 aromatic heterocycles. The third-order valence-electron chi connectivity index (χ3n) is 4.78. The zero-order chi connectivity index (χ0) is 21.0. The SMILES string of the molecule is CCCc1ccc(S(=O)(=O)N2CCN(Cn3nc(NC(C)C)sc3=S)CC2)cc1. The average Bonchev–Trinajstić information content (AvgIpc) is 3.01. The van der Waals surface area contributed by atoms with E-state index in [0.717, 1.165) is 21.9 Å². The molecule has 0 aliphatic carbocycles. The zero-order valence-corrected chi connectivity index (χ0v) is 19.6. The van der Waals surface area contributed by atoms with Crippen LogP contribution >= 0.6 is 23.6 Å². The molecule has 1 aliphatic rings. The van der Waals surface area contributed by atoms with E-state index in [4.69, 9.17) is 12.2 Å². The monoisotopic (exact) mass is 455 g/mol. The topological polar surface area (TPSA) is 70.5 Å². The summed E-state index contributed by atoms with van der Waals surface area (Å²) in [5.74, 6) is 0. The highest BCUT2D eigenvalue weighted by atomic mass is 32.2. The van der Waals surface area contributed by atoms with Crippen molar-refractivity contribution in [2.24, 2.45) is 0 Å². The molecule has 0 spiro atoms. The van der Waals surface area contributed by atoms with Crippen LogP contribution in [0.2, 0.25) is 0 Å². The average molecular weight is 456 g/mol. The summed E-state index contributed by atoms with van der Waals surface area (Å²) in [5, 5.41) is 8.62. The second-order valence-electron chi connectivity index (χ2n) is 7.53. The minimum atomic E-state index is -3.45. The first-order valence-electron chi connectivity index (χ1n) is 9.95. The highest BCUT2D eigenvalue weighted by Crippen LogP contribution is 2.20. The molecule has 0 saturated carbocycles. The molecule has 160 valence electrons. The maximum absolute atomic E-state index is 12.9. The van der Waals surface area contributed by atoms with Crippen LogP contribution in [0, 0.1) is 3.95 Å². The Kier molecular flexibility index (Phi) is 7.44. The lowest BCUT2D eigenvalue weighted by atomic mass is 10.1. The van der Waals surface area contributed by atoms with Crippen LogP contribution in [-0.2, 0) is 23.1 Å². The molecule has 1 aliphatic heterocycles. The van der Waals surface area contributed by atoms with E-state index in [1.807, 2.05) is 12.1 Å². The van der Waals surface area contributed by atoms with Gasteiger partial charge in [-0.1, -0.05) is 36.8 Å². The van der Waals surface area contributed by atoms with Crippen molar-refractivity contribution in [2.75, 3.05) is 31.5 Å². The molecule has 1 N–H and O–H groups in total. The van der Waals surface area contributed by atoms with Gasteiger partial charge in [-0.05, 0) is 50.2 Å². The summed E-state index contributed by atoms with van der Waals surface area (Å²) in [6.45, 7) is 9.05. The van der Waals surface area contributed by atoms with Gasteiger partial charge in [0.25, 0.3) is 0 Å². The van der Waals surface area contributed by atoms with Crippen LogP contribution in [-0.4, -0.2) is 59.6 Å². The number of sulfonamides is 1. The number of aryl methyl sites for hydroxylation is 1. The molecule has 1 fully saturated rings. The number of nitrogens with one attached hydrogen (secondary N) is 1. The number of rotatable bonds is 8. The van der Waals surface area contributed by atoms with E-state index in [2.05, 4.69) is 36.1 Å². The van der Waals surface area contributed by atoms with Crippen LogP contribution in [0.5, 0.6) is 0 Å². The van der Waals surface area contributed by atoms with Gasteiger partial charge in [-0.2, -0.15) is 4.31 Å². The smallest absolute Gasteiger partial charge is 0.243 e. The lowest BCUT2D eigenvalue weighted by Gasteiger charge is -2.33. The minimum Gasteiger partial charge on any atom is -0.358 e. The molecule has 3 rings (SSSR count). The molecule has 0 radical (unpaired) electrons. The standard InChI is InChI=1S/C19H29N5O2S3/c1-4-5-16-6-8-17(9-7-16)29(25,26)23-12-10-22(11-13-23)14-24-19(27)28-18(21-24)20-15(2)3/h6-9,15H,4-5,10-14H2,1-3H3,(H,20,21). The molecule has 7 nitrogen and oxygen atoms in total. The van der Waals surface area contributed by atoms with Gasteiger partial charge in [-0.3, -0.25) is 4.90 Å². The summed E-state index contributed by atoms with van der Waals surface area (Å²) in [6, 6.07) is 7.59. The molecule has 0 atom stereocenters. The number of hydrogen-bond donors (Lipinski definition) is 1. The van der Waals surface area contributed by atoms with Gasteiger partial charge < -0.3 is 5.32 Å². The van der Waals surface area contributed by atoms with Crippen molar-refractivity contribution < 1.29 is 8.42 Å². The predicted molar refractivity (Wildman–Crippen MR) is 120 cm³/mol. The van der Waals surface area contributed by atoms with Gasteiger partial charge in [-0.25, -0.2) is 13.1 Å². The largest absolute Gasteiger partial charge is 0.358 e. The summed E-state index contributed by atoms with van der Waals surface area (Å²) >= 11 is 6.88. The minimum absolute atomic E-state index is 0.300. The summed E-state index contributed by atoms with van der Waals surface area (Å²) < 4.78 is 30.0. The molecule has 29 heavy (non-hydrogen) atoms. The molecular weight excluding hydrogens is 426 g/mol. The first-order valence-corrected chi connectivity index (χ1v) is 12.6. The summed E-state index contributed by atoms with van der Waals surface area (Å²) in [5.41, 5.74) is 1.17. The van der Waals surface area contributed by atoms with Crippen molar-refractivity contribution in [3.63, 3.8) is 0 Å². The predicted octanol–water partition coefficient (Wildman–Crippen LogP) is 3.41. The van der Waals surface area contributed by atoms with Crippen LogP contribution in [0.25, 0.3) is 0 Å². The van der Waals surface area contributed by atoms with Crippen LogP contribution in [0.1, 0.15) is 32.8 Å². The van der Waals surface area contributed by atoms with E-state index in [-0.39, 0.29) is 0 Å². The van der Waals surface area contributed by atoms with E-state index in [1.54, 1.807) is 21.1 Å². The van der Waals surface area contributed by atoms with Crippen LogP contribution in [0.4, 0.5) is 5.13 Å². The van der Waals surface area contributed by atoms with E-state index in [1.165, 1.54) is 16.9 Å². The normalized spacial score (nSPS) is 16.4. The van der Waals surface area contributed by atoms with Crippen molar-refractivity contribution in [1.82, 2.24) is 19.0 Å². The van der Waals surface area contributed by atoms with E-state index >= 15 is 0 Å². The second kappa shape index (κ2) is 9.65. The number of hydrogen-bond acceptors (Lipinski definition) is 7. The molecule has 1 aromatic carbocycles. The fourth-order valence-electron chi connectivity index (χ4n) is 3.27. The third kappa shape index (κ3) is 5.64. The summed E-state index contributed by atoms with van der Waals surface area (Å²) in [7, 11) is -3.45. The Balaban J connectivity index is 1.60. The van der Waals surface area contributed by atoms with Crippen molar-refractivity contribution in [2.45, 2.75) is 51.2 Å². The molecule has 1 saturated heterocycles. The maximum Gasteiger partial charge on any atom is 0.243 e. The van der Waals surface area contributed by atoms with Crippen molar-refractivity contribution in [3.8, 4) is 0 Å². The summed E-state index contributed by atoms with van der Waals surface area (Å²) in [4.78, 5) is 2.56. The Labute approximate surface area is 182 Å². The Morgan fingerprint density at radius 1 is 1.17 bits per heavy atom. The van der Waals surface area contributed by atoms with Gasteiger partial charge in [0.1, 0.15) is 0 Å². The van der Waals surface area contributed by atoms with Gasteiger partial charge in [0.15, 0.2) is 3.95 Å². The van der Waals surface area contributed by atoms with Gasteiger partial charge in [0.2, 0.25) is 15.2 Å². The second-order valence-corrected chi connectivity index (χ2v) is 11.1. The highest BCUT2D eigenvalue weighted by molar-refractivity contribution is 7.89. The van der Waals surface area contributed by atoms with Crippen LogP contribution in [0.3, 0.4) is 0 Å². The van der Waals surface area contributed by atoms with Crippen LogP contribution < -0.4 is 5.32 Å². The number of piperazine rings is 1. The zero-order valence-electron chi connectivity index (χ0n) is 17.2. The Hall–Kier alpha value is -1.33. The molecule has 10 heteroatoms. The fraction of sp³-hybridized carbons (Fsp3) is 0.579. The quantitative estimate of drug-likeness (QED) is 0.615. The van der Waals surface area contributed by atoms with Gasteiger partial charge >= 0.3 is 0 Å².